The Kier molecular flexibility index (Phi) is 4.17. The van der Waals surface area contributed by atoms with Crippen molar-refractivity contribution in [2.24, 2.45) is 5.92 Å². The second kappa shape index (κ2) is 5.79. The summed E-state index contributed by atoms with van der Waals surface area (Å²) in [5.41, 5.74) is 2.52. The van der Waals surface area contributed by atoms with Gasteiger partial charge in [-0.1, -0.05) is 30.7 Å². The van der Waals surface area contributed by atoms with Crippen LogP contribution < -0.4 is 0 Å². The van der Waals surface area contributed by atoms with E-state index < -0.39 is 0 Å². The Morgan fingerprint density at radius 1 is 1.48 bits per heavy atom. The van der Waals surface area contributed by atoms with Crippen LogP contribution in [0.15, 0.2) is 35.2 Å². The summed E-state index contributed by atoms with van der Waals surface area (Å²) in [5.74, 6) is 0.270. The highest BCUT2D eigenvalue weighted by molar-refractivity contribution is 8.03. The molecule has 0 amide bonds. The summed E-state index contributed by atoms with van der Waals surface area (Å²) in [5, 5.41) is 3.04. The Labute approximate surface area is 135 Å². The Bertz CT molecular complexity index is 588. The van der Waals surface area contributed by atoms with Crippen LogP contribution in [-0.2, 0) is 10.3 Å². The molecule has 3 atom stereocenters. The average Bonchev–Trinajstić information content (AvgIpc) is 3.02. The van der Waals surface area contributed by atoms with Crippen LogP contribution >= 0.6 is 23.4 Å². The van der Waals surface area contributed by atoms with Crippen LogP contribution in [0, 0.1) is 5.92 Å². The van der Waals surface area contributed by atoms with Crippen molar-refractivity contribution in [3.8, 4) is 0 Å². The van der Waals surface area contributed by atoms with Gasteiger partial charge in [0.2, 0.25) is 0 Å². The molecule has 21 heavy (non-hydrogen) atoms. The summed E-state index contributed by atoms with van der Waals surface area (Å²) in [6.45, 7) is 3.25. The molecule has 2 heterocycles. The number of halogens is 1. The molecule has 0 radical (unpaired) electrons. The van der Waals surface area contributed by atoms with Crippen LogP contribution in [0.3, 0.4) is 0 Å². The van der Waals surface area contributed by atoms with Crippen molar-refractivity contribution in [3.63, 3.8) is 0 Å². The monoisotopic (exact) mass is 321 g/mol. The third-order valence-electron chi connectivity index (χ3n) is 4.93. The van der Waals surface area contributed by atoms with Gasteiger partial charge in [-0.3, -0.25) is 4.90 Å². The molecule has 0 bridgehead atoms. The first-order valence-corrected chi connectivity index (χ1v) is 8.70. The molecular formula is C17H20ClNOS. The lowest BCUT2D eigenvalue weighted by molar-refractivity contribution is -0.107. The van der Waals surface area contributed by atoms with E-state index in [1.54, 1.807) is 11.8 Å². The van der Waals surface area contributed by atoms with E-state index in [0.717, 1.165) is 24.3 Å². The van der Waals surface area contributed by atoms with E-state index in [9.17, 15) is 4.79 Å². The molecule has 2 nitrogen and oxygen atoms in total. The van der Waals surface area contributed by atoms with E-state index in [2.05, 4.69) is 36.4 Å². The van der Waals surface area contributed by atoms with Crippen molar-refractivity contribution in [2.75, 3.05) is 13.6 Å². The van der Waals surface area contributed by atoms with Crippen molar-refractivity contribution >= 4 is 29.6 Å². The zero-order chi connectivity index (χ0) is 15.0. The first kappa shape index (κ1) is 15.1. The molecule has 0 spiro atoms. The van der Waals surface area contributed by atoms with E-state index in [4.69, 9.17) is 11.6 Å². The van der Waals surface area contributed by atoms with Crippen molar-refractivity contribution in [2.45, 2.75) is 30.6 Å². The Balaban J connectivity index is 2.09. The van der Waals surface area contributed by atoms with E-state index in [1.165, 1.54) is 17.6 Å². The molecule has 112 valence electrons. The molecule has 2 aliphatic heterocycles. The first-order valence-electron chi connectivity index (χ1n) is 7.38. The van der Waals surface area contributed by atoms with E-state index in [0.29, 0.717) is 0 Å². The van der Waals surface area contributed by atoms with Gasteiger partial charge in [-0.05, 0) is 61.0 Å². The maximum absolute atomic E-state index is 11.3. The second-order valence-electron chi connectivity index (χ2n) is 5.99. The number of benzene rings is 1. The van der Waals surface area contributed by atoms with Crippen molar-refractivity contribution in [1.29, 1.82) is 0 Å². The molecule has 4 heteroatoms. The molecule has 0 aromatic heterocycles. The van der Waals surface area contributed by atoms with Gasteiger partial charge in [0.05, 0.1) is 10.8 Å². The highest BCUT2D eigenvalue weighted by atomic mass is 35.5. The Morgan fingerprint density at radius 2 is 2.29 bits per heavy atom. The minimum atomic E-state index is -0.102. The predicted octanol–water partition coefficient (Wildman–Crippen LogP) is 4.10. The molecule has 3 unspecified atom stereocenters. The standard InChI is InChI=1S/C17H20ClNOS/c1-12-15(11-21-16(12)10-20)17(7-4-8-19(17)2)13-5-3-6-14(18)9-13/h3,5-6,9-12,16H,4,7-8H2,1-2H3. The number of likely N-dealkylation sites (tertiary alicyclic amines) is 1. The number of likely N-dealkylation sites (N-methyl/N-ethyl adjacent to an activating group) is 1. The van der Waals surface area contributed by atoms with Gasteiger partial charge in [0.1, 0.15) is 6.29 Å². The van der Waals surface area contributed by atoms with Gasteiger partial charge >= 0.3 is 0 Å². The lowest BCUT2D eigenvalue weighted by Crippen LogP contribution is -2.42. The SMILES string of the molecule is CC1C(C2(c3cccc(Cl)c3)CCCN2C)=CSC1C=O. The van der Waals surface area contributed by atoms with Crippen molar-refractivity contribution in [1.82, 2.24) is 4.90 Å². The highest BCUT2D eigenvalue weighted by Crippen LogP contribution is 2.52. The van der Waals surface area contributed by atoms with Crippen LogP contribution in [0.5, 0.6) is 0 Å². The average molecular weight is 322 g/mol. The van der Waals surface area contributed by atoms with Crippen LogP contribution in [0.2, 0.25) is 5.02 Å². The lowest BCUT2D eigenvalue weighted by atomic mass is 9.75. The zero-order valence-corrected chi connectivity index (χ0v) is 14.0. The van der Waals surface area contributed by atoms with Crippen LogP contribution in [-0.4, -0.2) is 30.0 Å². The molecule has 0 aliphatic carbocycles. The summed E-state index contributed by atoms with van der Waals surface area (Å²) in [7, 11) is 2.18. The fourth-order valence-electron chi connectivity index (χ4n) is 3.77. The van der Waals surface area contributed by atoms with Gasteiger partial charge in [0.25, 0.3) is 0 Å². The van der Waals surface area contributed by atoms with Gasteiger partial charge < -0.3 is 4.79 Å². The van der Waals surface area contributed by atoms with Crippen LogP contribution in [0.25, 0.3) is 0 Å². The number of hydrogen-bond acceptors (Lipinski definition) is 3. The number of nitrogens with zero attached hydrogens (tertiary/aromatic N) is 1. The van der Waals surface area contributed by atoms with E-state index >= 15 is 0 Å². The molecule has 1 aromatic rings. The molecule has 2 aliphatic rings. The summed E-state index contributed by atoms with van der Waals surface area (Å²) in [6, 6.07) is 8.19. The fourth-order valence-corrected chi connectivity index (χ4v) is 5.12. The molecule has 1 saturated heterocycles. The summed E-state index contributed by atoms with van der Waals surface area (Å²) in [4.78, 5) is 13.7. The minimum absolute atomic E-state index is 0.0464. The number of rotatable bonds is 3. The van der Waals surface area contributed by atoms with Crippen molar-refractivity contribution in [3.05, 3.63) is 45.8 Å². The highest BCUT2D eigenvalue weighted by Gasteiger charge is 2.48. The molecule has 1 fully saturated rings. The third kappa shape index (κ3) is 2.36. The molecule has 3 rings (SSSR count). The predicted molar refractivity (Wildman–Crippen MR) is 89.7 cm³/mol. The number of thioether (sulfide) groups is 1. The van der Waals surface area contributed by atoms with Crippen LogP contribution in [0.1, 0.15) is 25.3 Å². The topological polar surface area (TPSA) is 20.3 Å². The summed E-state index contributed by atoms with van der Waals surface area (Å²) >= 11 is 7.89. The zero-order valence-electron chi connectivity index (χ0n) is 12.4. The number of aldehydes is 1. The number of carbonyl (C=O) groups is 1. The minimum Gasteiger partial charge on any atom is -0.302 e. The van der Waals surface area contributed by atoms with Gasteiger partial charge in [-0.15, -0.1) is 11.8 Å². The normalized spacial score (nSPS) is 33.2. The smallest absolute Gasteiger partial charge is 0.133 e. The maximum Gasteiger partial charge on any atom is 0.133 e. The quantitative estimate of drug-likeness (QED) is 0.782. The fraction of sp³-hybridized carbons (Fsp3) is 0.471. The first-order chi connectivity index (χ1) is 10.1. The van der Waals surface area contributed by atoms with Crippen LogP contribution in [0.4, 0.5) is 0 Å². The van der Waals surface area contributed by atoms with Gasteiger partial charge in [-0.25, -0.2) is 0 Å². The maximum atomic E-state index is 11.3. The van der Waals surface area contributed by atoms with Gasteiger partial charge in [0.15, 0.2) is 0 Å². The molecule has 0 saturated carbocycles. The van der Waals surface area contributed by atoms with E-state index in [-0.39, 0.29) is 16.7 Å². The van der Waals surface area contributed by atoms with Gasteiger partial charge in [0, 0.05) is 5.02 Å². The van der Waals surface area contributed by atoms with Crippen molar-refractivity contribution < 1.29 is 4.79 Å². The Morgan fingerprint density at radius 3 is 2.86 bits per heavy atom. The second-order valence-corrected chi connectivity index (χ2v) is 7.48. The van der Waals surface area contributed by atoms with E-state index in [1.807, 2.05) is 12.1 Å². The number of carbonyl (C=O) groups excluding carboxylic acids is 1. The molecular weight excluding hydrogens is 302 g/mol. The number of hydrogen-bond donors (Lipinski definition) is 0. The third-order valence-corrected chi connectivity index (χ3v) is 6.39. The molecule has 0 N–H and O–H groups in total. The lowest BCUT2D eigenvalue weighted by Gasteiger charge is -2.40. The largest absolute Gasteiger partial charge is 0.302 e. The summed E-state index contributed by atoms with van der Waals surface area (Å²) in [6.07, 6.45) is 3.34. The van der Waals surface area contributed by atoms with Gasteiger partial charge in [-0.2, -0.15) is 0 Å². The molecule has 1 aromatic carbocycles. The Hall–Kier alpha value is -0.770. The summed E-state index contributed by atoms with van der Waals surface area (Å²) < 4.78 is 0.